The number of carbonyl (C=O) groups excluding carboxylic acids is 1. The monoisotopic (exact) mass is 274 g/mol. The van der Waals surface area contributed by atoms with Crippen LogP contribution in [0, 0.1) is 11.3 Å². The minimum Gasteiger partial charge on any atom is -0.356 e. The lowest BCUT2D eigenvalue weighted by atomic mass is 9.88. The Labute approximate surface area is 117 Å². The Balaban J connectivity index is 0.00000162. The van der Waals surface area contributed by atoms with Crippen molar-refractivity contribution >= 4 is 18.3 Å². The van der Waals surface area contributed by atoms with Crippen molar-refractivity contribution in [2.75, 3.05) is 19.6 Å². The molecular formula is C14H27ClN2O. The third-order valence-corrected chi connectivity index (χ3v) is 4.46. The van der Waals surface area contributed by atoms with Gasteiger partial charge in [0.25, 0.3) is 0 Å². The van der Waals surface area contributed by atoms with Gasteiger partial charge in [-0.3, -0.25) is 4.79 Å². The molecule has 18 heavy (non-hydrogen) atoms. The van der Waals surface area contributed by atoms with Gasteiger partial charge in [-0.15, -0.1) is 12.4 Å². The quantitative estimate of drug-likeness (QED) is 0.827. The predicted molar refractivity (Wildman–Crippen MR) is 77.0 cm³/mol. The van der Waals surface area contributed by atoms with Crippen LogP contribution in [0.15, 0.2) is 0 Å². The van der Waals surface area contributed by atoms with Crippen LogP contribution in [0.2, 0.25) is 0 Å². The molecule has 1 aliphatic heterocycles. The SMILES string of the molecule is CC1(CNC(=O)CC2CCNCC2)CCCC1.Cl. The summed E-state index contributed by atoms with van der Waals surface area (Å²) >= 11 is 0. The molecule has 0 unspecified atom stereocenters. The van der Waals surface area contributed by atoms with E-state index in [0.29, 0.717) is 11.3 Å². The first-order chi connectivity index (χ1) is 8.18. The summed E-state index contributed by atoms with van der Waals surface area (Å²) < 4.78 is 0. The van der Waals surface area contributed by atoms with E-state index < -0.39 is 0 Å². The smallest absolute Gasteiger partial charge is 0.220 e. The molecule has 0 radical (unpaired) electrons. The van der Waals surface area contributed by atoms with Gasteiger partial charge in [-0.25, -0.2) is 0 Å². The molecule has 2 rings (SSSR count). The lowest BCUT2D eigenvalue weighted by Gasteiger charge is -2.25. The number of nitrogens with one attached hydrogen (secondary N) is 2. The van der Waals surface area contributed by atoms with E-state index in [1.807, 2.05) is 0 Å². The first-order valence-corrected chi connectivity index (χ1v) is 7.15. The first-order valence-electron chi connectivity index (χ1n) is 7.15. The average molecular weight is 275 g/mol. The Morgan fingerprint density at radius 1 is 1.28 bits per heavy atom. The molecule has 0 aromatic heterocycles. The van der Waals surface area contributed by atoms with E-state index in [9.17, 15) is 4.79 Å². The highest BCUT2D eigenvalue weighted by Gasteiger charge is 2.29. The Morgan fingerprint density at radius 2 is 1.89 bits per heavy atom. The zero-order chi connectivity index (χ0) is 12.1. The highest BCUT2D eigenvalue weighted by molar-refractivity contribution is 5.85. The van der Waals surface area contributed by atoms with Crippen LogP contribution >= 0.6 is 12.4 Å². The molecule has 1 amide bonds. The van der Waals surface area contributed by atoms with E-state index in [0.717, 1.165) is 38.9 Å². The molecule has 0 aromatic rings. The molecule has 0 spiro atoms. The van der Waals surface area contributed by atoms with Gasteiger partial charge in [0.05, 0.1) is 0 Å². The fourth-order valence-corrected chi connectivity index (χ4v) is 3.14. The normalized spacial score (nSPS) is 23.4. The van der Waals surface area contributed by atoms with Gasteiger partial charge in [-0.1, -0.05) is 19.8 Å². The highest BCUT2D eigenvalue weighted by atomic mass is 35.5. The Bertz CT molecular complexity index is 259. The Hall–Kier alpha value is -0.280. The summed E-state index contributed by atoms with van der Waals surface area (Å²) in [5.41, 5.74) is 0.379. The van der Waals surface area contributed by atoms with Gasteiger partial charge in [0.1, 0.15) is 0 Å². The van der Waals surface area contributed by atoms with Gasteiger partial charge in [-0.05, 0) is 50.1 Å². The van der Waals surface area contributed by atoms with E-state index in [-0.39, 0.29) is 18.3 Å². The second-order valence-corrected chi connectivity index (χ2v) is 6.19. The lowest BCUT2D eigenvalue weighted by molar-refractivity contribution is -0.122. The fourth-order valence-electron chi connectivity index (χ4n) is 3.14. The molecule has 2 N–H and O–H groups in total. The second kappa shape index (κ2) is 7.34. The van der Waals surface area contributed by atoms with Crippen LogP contribution in [0.1, 0.15) is 51.9 Å². The van der Waals surface area contributed by atoms with Crippen LogP contribution in [0.25, 0.3) is 0 Å². The topological polar surface area (TPSA) is 41.1 Å². The average Bonchev–Trinajstić information content (AvgIpc) is 2.76. The van der Waals surface area contributed by atoms with Crippen molar-refractivity contribution in [2.45, 2.75) is 51.9 Å². The molecule has 106 valence electrons. The van der Waals surface area contributed by atoms with E-state index >= 15 is 0 Å². The van der Waals surface area contributed by atoms with Crippen LogP contribution in [0.5, 0.6) is 0 Å². The summed E-state index contributed by atoms with van der Waals surface area (Å²) in [4.78, 5) is 11.9. The predicted octanol–water partition coefficient (Wildman–Crippen LogP) is 2.49. The van der Waals surface area contributed by atoms with E-state index in [1.165, 1.54) is 25.7 Å². The molecular weight excluding hydrogens is 248 g/mol. The largest absolute Gasteiger partial charge is 0.356 e. The van der Waals surface area contributed by atoms with Gasteiger partial charge in [0.15, 0.2) is 0 Å². The minimum absolute atomic E-state index is 0. The summed E-state index contributed by atoms with van der Waals surface area (Å²) in [6.07, 6.45) is 8.27. The van der Waals surface area contributed by atoms with Gasteiger partial charge in [0, 0.05) is 13.0 Å². The van der Waals surface area contributed by atoms with Crippen molar-refractivity contribution in [3.05, 3.63) is 0 Å². The number of amides is 1. The number of halogens is 1. The zero-order valence-electron chi connectivity index (χ0n) is 11.5. The van der Waals surface area contributed by atoms with Crippen LogP contribution < -0.4 is 10.6 Å². The number of hydrogen-bond donors (Lipinski definition) is 2. The highest BCUT2D eigenvalue weighted by Crippen LogP contribution is 2.36. The molecule has 1 aliphatic carbocycles. The Kier molecular flexibility index (Phi) is 6.44. The first kappa shape index (κ1) is 15.8. The van der Waals surface area contributed by atoms with Gasteiger partial charge in [0.2, 0.25) is 5.91 Å². The third-order valence-electron chi connectivity index (χ3n) is 4.46. The summed E-state index contributed by atoms with van der Waals surface area (Å²) in [6.45, 7) is 5.35. The van der Waals surface area contributed by atoms with Gasteiger partial charge in [-0.2, -0.15) is 0 Å². The number of hydrogen-bond acceptors (Lipinski definition) is 2. The standard InChI is InChI=1S/C14H26N2O.ClH/c1-14(6-2-3-7-14)11-16-13(17)10-12-4-8-15-9-5-12;/h12,15H,2-11H2,1H3,(H,16,17);1H. The number of carbonyl (C=O) groups is 1. The van der Waals surface area contributed by atoms with E-state index in [1.54, 1.807) is 0 Å². The molecule has 3 nitrogen and oxygen atoms in total. The summed E-state index contributed by atoms with van der Waals surface area (Å²) in [6, 6.07) is 0. The maximum atomic E-state index is 11.9. The van der Waals surface area contributed by atoms with Crippen LogP contribution in [0.4, 0.5) is 0 Å². The maximum absolute atomic E-state index is 11.9. The molecule has 1 saturated carbocycles. The van der Waals surface area contributed by atoms with Crippen molar-refractivity contribution in [1.29, 1.82) is 0 Å². The molecule has 1 saturated heterocycles. The van der Waals surface area contributed by atoms with Crippen molar-refractivity contribution in [3.63, 3.8) is 0 Å². The molecule has 0 atom stereocenters. The van der Waals surface area contributed by atoms with Crippen LogP contribution in [0.3, 0.4) is 0 Å². The molecule has 4 heteroatoms. The third kappa shape index (κ3) is 4.77. The van der Waals surface area contributed by atoms with Crippen molar-refractivity contribution < 1.29 is 4.79 Å². The summed E-state index contributed by atoms with van der Waals surface area (Å²) in [5, 5.41) is 6.49. The van der Waals surface area contributed by atoms with Crippen molar-refractivity contribution in [1.82, 2.24) is 10.6 Å². The lowest BCUT2D eigenvalue weighted by Crippen LogP contribution is -2.36. The Morgan fingerprint density at radius 3 is 2.50 bits per heavy atom. The van der Waals surface area contributed by atoms with E-state index in [4.69, 9.17) is 0 Å². The summed E-state index contributed by atoms with van der Waals surface area (Å²) in [7, 11) is 0. The van der Waals surface area contributed by atoms with Crippen molar-refractivity contribution in [3.8, 4) is 0 Å². The second-order valence-electron chi connectivity index (χ2n) is 6.19. The van der Waals surface area contributed by atoms with Gasteiger partial charge >= 0.3 is 0 Å². The van der Waals surface area contributed by atoms with Crippen LogP contribution in [-0.4, -0.2) is 25.5 Å². The number of rotatable bonds is 4. The zero-order valence-corrected chi connectivity index (χ0v) is 12.3. The molecule has 2 fully saturated rings. The van der Waals surface area contributed by atoms with Crippen LogP contribution in [-0.2, 0) is 4.79 Å². The fraction of sp³-hybridized carbons (Fsp3) is 0.929. The molecule has 1 heterocycles. The number of piperidine rings is 1. The molecule has 0 bridgehead atoms. The summed E-state index contributed by atoms with van der Waals surface area (Å²) in [5.74, 6) is 0.873. The minimum atomic E-state index is 0. The maximum Gasteiger partial charge on any atom is 0.220 e. The van der Waals surface area contributed by atoms with Gasteiger partial charge < -0.3 is 10.6 Å². The van der Waals surface area contributed by atoms with E-state index in [2.05, 4.69) is 17.6 Å². The molecule has 0 aromatic carbocycles. The van der Waals surface area contributed by atoms with Crippen molar-refractivity contribution in [2.24, 2.45) is 11.3 Å². The molecule has 2 aliphatic rings.